The molecule has 1 aromatic heterocycles. The Labute approximate surface area is 79.2 Å². The van der Waals surface area contributed by atoms with E-state index >= 15 is 0 Å². The molecule has 11 heavy (non-hydrogen) atoms. The van der Waals surface area contributed by atoms with E-state index in [1.165, 1.54) is 0 Å². The Morgan fingerprint density at radius 3 is 2.82 bits per heavy atom. The van der Waals surface area contributed by atoms with Crippen molar-refractivity contribution in [3.63, 3.8) is 0 Å². The molecule has 0 radical (unpaired) electrons. The third-order valence-corrected chi connectivity index (χ3v) is 3.21. The van der Waals surface area contributed by atoms with Crippen LogP contribution in [0.15, 0.2) is 15.9 Å². The second kappa shape index (κ2) is 4.24. The van der Waals surface area contributed by atoms with E-state index in [1.807, 2.05) is 12.1 Å². The van der Waals surface area contributed by atoms with Crippen molar-refractivity contribution >= 4 is 27.3 Å². The molecule has 0 aliphatic heterocycles. The summed E-state index contributed by atoms with van der Waals surface area (Å²) in [5, 5.41) is 9.52. The molecule has 1 atom stereocenters. The molecule has 1 N–H and O–H groups in total. The van der Waals surface area contributed by atoms with Gasteiger partial charge in [-0.2, -0.15) is 0 Å². The Bertz CT molecular complexity index is 222. The number of hydrogen-bond donors (Lipinski definition) is 1. The summed E-state index contributed by atoms with van der Waals surface area (Å²) in [5.41, 5.74) is 0. The summed E-state index contributed by atoms with van der Waals surface area (Å²) < 4.78 is 1.09. The summed E-state index contributed by atoms with van der Waals surface area (Å²) in [5.74, 6) is 0. The lowest BCUT2D eigenvalue weighted by molar-refractivity contribution is 0.170. The van der Waals surface area contributed by atoms with Gasteiger partial charge in [-0.3, -0.25) is 0 Å². The van der Waals surface area contributed by atoms with Crippen LogP contribution < -0.4 is 0 Å². The van der Waals surface area contributed by atoms with Crippen LogP contribution in [0, 0.1) is 0 Å². The number of hydrogen-bond acceptors (Lipinski definition) is 2. The Morgan fingerprint density at radius 2 is 2.36 bits per heavy atom. The maximum atomic E-state index is 9.52. The molecule has 0 saturated carbocycles. The summed E-state index contributed by atoms with van der Waals surface area (Å²) in [7, 11) is 0. The fraction of sp³-hybridized carbons (Fsp3) is 0.500. The predicted octanol–water partition coefficient (Wildman–Crippen LogP) is 3.34. The summed E-state index contributed by atoms with van der Waals surface area (Å²) in [6, 6.07) is 3.94. The molecular weight excluding hydrogens is 224 g/mol. The first-order chi connectivity index (χ1) is 5.24. The molecule has 1 rings (SSSR count). The summed E-state index contributed by atoms with van der Waals surface area (Å²) in [6.45, 7) is 2.08. The number of rotatable bonds is 3. The van der Waals surface area contributed by atoms with Gasteiger partial charge in [-0.15, -0.1) is 11.3 Å². The van der Waals surface area contributed by atoms with Gasteiger partial charge in [0.25, 0.3) is 0 Å². The monoisotopic (exact) mass is 234 g/mol. The van der Waals surface area contributed by atoms with Crippen molar-refractivity contribution in [2.75, 3.05) is 0 Å². The Morgan fingerprint density at radius 1 is 1.64 bits per heavy atom. The largest absolute Gasteiger partial charge is 0.388 e. The van der Waals surface area contributed by atoms with Crippen LogP contribution in [0.4, 0.5) is 0 Å². The van der Waals surface area contributed by atoms with Crippen LogP contribution in [-0.4, -0.2) is 5.11 Å². The van der Waals surface area contributed by atoms with Crippen molar-refractivity contribution in [2.45, 2.75) is 25.9 Å². The number of aliphatic hydroxyl groups is 1. The molecule has 0 aliphatic rings. The van der Waals surface area contributed by atoms with Crippen molar-refractivity contribution in [3.8, 4) is 0 Å². The van der Waals surface area contributed by atoms with Crippen LogP contribution in [0.1, 0.15) is 30.7 Å². The molecule has 0 aliphatic carbocycles. The van der Waals surface area contributed by atoms with E-state index in [1.54, 1.807) is 11.3 Å². The molecule has 1 aromatic rings. The third-order valence-electron chi connectivity index (χ3n) is 1.48. The van der Waals surface area contributed by atoms with Crippen molar-refractivity contribution in [1.29, 1.82) is 0 Å². The minimum Gasteiger partial charge on any atom is -0.388 e. The van der Waals surface area contributed by atoms with Gasteiger partial charge in [0.2, 0.25) is 0 Å². The first-order valence-electron chi connectivity index (χ1n) is 3.67. The minimum absolute atomic E-state index is 0.267. The van der Waals surface area contributed by atoms with Gasteiger partial charge >= 0.3 is 0 Å². The van der Waals surface area contributed by atoms with Crippen molar-refractivity contribution < 1.29 is 5.11 Å². The zero-order valence-electron chi connectivity index (χ0n) is 6.38. The van der Waals surface area contributed by atoms with Crippen LogP contribution in [0.5, 0.6) is 0 Å². The van der Waals surface area contributed by atoms with E-state index in [4.69, 9.17) is 0 Å². The van der Waals surface area contributed by atoms with Crippen LogP contribution in [0.3, 0.4) is 0 Å². The molecule has 1 heterocycles. The first-order valence-corrected chi connectivity index (χ1v) is 5.28. The van der Waals surface area contributed by atoms with Gasteiger partial charge in [0.1, 0.15) is 0 Å². The van der Waals surface area contributed by atoms with Crippen LogP contribution in [0.2, 0.25) is 0 Å². The molecule has 0 aromatic carbocycles. The van der Waals surface area contributed by atoms with Gasteiger partial charge in [-0.1, -0.05) is 13.3 Å². The Hall–Kier alpha value is 0.140. The SMILES string of the molecule is CCCC(O)c1ccc(Br)s1. The highest BCUT2D eigenvalue weighted by Gasteiger charge is 2.07. The lowest BCUT2D eigenvalue weighted by Gasteiger charge is -2.04. The van der Waals surface area contributed by atoms with Crippen molar-refractivity contribution in [2.24, 2.45) is 0 Å². The molecule has 62 valence electrons. The minimum atomic E-state index is -0.267. The molecule has 1 unspecified atom stereocenters. The first kappa shape index (κ1) is 9.23. The van der Waals surface area contributed by atoms with Gasteiger partial charge in [-0.25, -0.2) is 0 Å². The number of thiophene rings is 1. The second-order valence-corrected chi connectivity index (χ2v) is 4.94. The Kier molecular flexibility index (Phi) is 3.55. The van der Waals surface area contributed by atoms with E-state index in [2.05, 4.69) is 22.9 Å². The third kappa shape index (κ3) is 2.58. The van der Waals surface area contributed by atoms with Crippen LogP contribution in [-0.2, 0) is 0 Å². The van der Waals surface area contributed by atoms with Gasteiger partial charge in [-0.05, 0) is 34.5 Å². The molecular formula is C8H11BrOS. The topological polar surface area (TPSA) is 20.2 Å². The van der Waals surface area contributed by atoms with E-state index in [0.717, 1.165) is 21.5 Å². The van der Waals surface area contributed by atoms with E-state index < -0.39 is 0 Å². The molecule has 0 fully saturated rings. The normalized spacial score (nSPS) is 13.4. The number of aliphatic hydroxyl groups excluding tert-OH is 1. The highest BCUT2D eigenvalue weighted by atomic mass is 79.9. The lowest BCUT2D eigenvalue weighted by atomic mass is 10.2. The van der Waals surface area contributed by atoms with Crippen molar-refractivity contribution in [1.82, 2.24) is 0 Å². The van der Waals surface area contributed by atoms with E-state index in [9.17, 15) is 5.11 Å². The average molecular weight is 235 g/mol. The van der Waals surface area contributed by atoms with Crippen LogP contribution in [0.25, 0.3) is 0 Å². The summed E-state index contributed by atoms with van der Waals surface area (Å²) in [4.78, 5) is 1.05. The molecule has 0 bridgehead atoms. The molecule has 0 saturated heterocycles. The van der Waals surface area contributed by atoms with Crippen LogP contribution >= 0.6 is 27.3 Å². The standard InChI is InChI=1S/C8H11BrOS/c1-2-3-6(10)7-4-5-8(9)11-7/h4-6,10H,2-3H2,1H3. The van der Waals surface area contributed by atoms with Gasteiger partial charge in [0.15, 0.2) is 0 Å². The summed E-state index contributed by atoms with van der Waals surface area (Å²) in [6.07, 6.45) is 1.61. The van der Waals surface area contributed by atoms with E-state index in [-0.39, 0.29) is 6.10 Å². The second-order valence-electron chi connectivity index (χ2n) is 2.45. The zero-order chi connectivity index (χ0) is 8.27. The maximum Gasteiger partial charge on any atom is 0.0882 e. The smallest absolute Gasteiger partial charge is 0.0882 e. The number of halogens is 1. The predicted molar refractivity (Wildman–Crippen MR) is 51.9 cm³/mol. The lowest BCUT2D eigenvalue weighted by Crippen LogP contribution is -1.91. The Balaban J connectivity index is 2.60. The molecule has 3 heteroatoms. The highest BCUT2D eigenvalue weighted by Crippen LogP contribution is 2.29. The molecule has 1 nitrogen and oxygen atoms in total. The van der Waals surface area contributed by atoms with Crippen molar-refractivity contribution in [3.05, 3.63) is 20.8 Å². The highest BCUT2D eigenvalue weighted by molar-refractivity contribution is 9.11. The molecule has 0 spiro atoms. The molecule has 0 amide bonds. The summed E-state index contributed by atoms with van der Waals surface area (Å²) >= 11 is 4.96. The quantitative estimate of drug-likeness (QED) is 0.851. The fourth-order valence-corrected chi connectivity index (χ4v) is 2.37. The van der Waals surface area contributed by atoms with Gasteiger partial charge in [0.05, 0.1) is 9.89 Å². The average Bonchev–Trinajstić information content (AvgIpc) is 2.36. The zero-order valence-corrected chi connectivity index (χ0v) is 8.78. The van der Waals surface area contributed by atoms with E-state index in [0.29, 0.717) is 0 Å². The van der Waals surface area contributed by atoms with Gasteiger partial charge < -0.3 is 5.11 Å². The van der Waals surface area contributed by atoms with Gasteiger partial charge in [0, 0.05) is 4.88 Å². The maximum absolute atomic E-state index is 9.52. The fourth-order valence-electron chi connectivity index (χ4n) is 0.923.